The fourth-order valence-electron chi connectivity index (χ4n) is 3.47. The van der Waals surface area contributed by atoms with Gasteiger partial charge < -0.3 is 10.2 Å². The molecule has 2 heteroatoms. The Kier molecular flexibility index (Phi) is 5.55. The van der Waals surface area contributed by atoms with Gasteiger partial charge in [0.25, 0.3) is 0 Å². The van der Waals surface area contributed by atoms with Crippen LogP contribution in [0.15, 0.2) is 35.9 Å². The van der Waals surface area contributed by atoms with Gasteiger partial charge in [-0.3, -0.25) is 0 Å². The van der Waals surface area contributed by atoms with E-state index in [1.807, 2.05) is 6.92 Å². The van der Waals surface area contributed by atoms with Crippen molar-refractivity contribution in [2.45, 2.75) is 51.9 Å². The number of unbranched alkanes of at least 4 members (excludes halogenated alkanes) is 1. The molecule has 2 rings (SSSR count). The van der Waals surface area contributed by atoms with Crippen LogP contribution in [0, 0.1) is 18.3 Å². The minimum absolute atomic E-state index is 0.0130. The average Bonchev–Trinajstić information content (AvgIpc) is 2.46. The standard InChI is InChI=1S/C21H26O2/c1-5-6-7-8-16-12-19(22)21(20(23)13-16)18-11-15(4)9-10-17(18)14(2)3/h1,11-13,17-18,22-23H,2,6-10H2,3-4H3/t17-,18+/m0/s1. The predicted octanol–water partition coefficient (Wildman–Crippen LogP) is 5.07. The second kappa shape index (κ2) is 7.42. The van der Waals surface area contributed by atoms with Crippen LogP contribution in [0.25, 0.3) is 0 Å². The van der Waals surface area contributed by atoms with Crippen molar-refractivity contribution in [2.75, 3.05) is 0 Å². The summed E-state index contributed by atoms with van der Waals surface area (Å²) in [6.45, 7) is 8.22. The zero-order valence-corrected chi connectivity index (χ0v) is 14.1. The molecule has 2 nitrogen and oxygen atoms in total. The Morgan fingerprint density at radius 2 is 2.00 bits per heavy atom. The molecule has 0 spiro atoms. The molecule has 0 heterocycles. The summed E-state index contributed by atoms with van der Waals surface area (Å²) in [6.07, 6.45) is 11.8. The second-order valence-corrected chi connectivity index (χ2v) is 6.64. The summed E-state index contributed by atoms with van der Waals surface area (Å²) in [5.41, 5.74) is 3.93. The number of aromatic hydroxyl groups is 2. The summed E-state index contributed by atoms with van der Waals surface area (Å²) in [5.74, 6) is 3.19. The zero-order valence-electron chi connectivity index (χ0n) is 14.1. The van der Waals surface area contributed by atoms with Crippen LogP contribution in [0.5, 0.6) is 11.5 Å². The smallest absolute Gasteiger partial charge is 0.123 e. The van der Waals surface area contributed by atoms with Crippen molar-refractivity contribution in [1.82, 2.24) is 0 Å². The Labute approximate surface area is 139 Å². The fourth-order valence-corrected chi connectivity index (χ4v) is 3.47. The van der Waals surface area contributed by atoms with E-state index in [1.54, 1.807) is 12.1 Å². The van der Waals surface area contributed by atoms with Crippen LogP contribution in [0.3, 0.4) is 0 Å². The monoisotopic (exact) mass is 310 g/mol. The lowest BCUT2D eigenvalue weighted by Crippen LogP contribution is -2.17. The van der Waals surface area contributed by atoms with Crippen LogP contribution in [0.2, 0.25) is 0 Å². The first-order valence-electron chi connectivity index (χ1n) is 8.25. The zero-order chi connectivity index (χ0) is 17.0. The minimum Gasteiger partial charge on any atom is -0.507 e. The first-order chi connectivity index (χ1) is 10.9. The fraction of sp³-hybridized carbons (Fsp3) is 0.429. The Balaban J connectivity index is 2.36. The van der Waals surface area contributed by atoms with E-state index in [0.717, 1.165) is 36.8 Å². The van der Waals surface area contributed by atoms with Crippen LogP contribution >= 0.6 is 0 Å². The summed E-state index contributed by atoms with van der Waals surface area (Å²) in [7, 11) is 0. The molecule has 1 aromatic rings. The molecule has 0 fully saturated rings. The molecular formula is C21H26O2. The number of hydrogen-bond donors (Lipinski definition) is 2. The third-order valence-electron chi connectivity index (χ3n) is 4.70. The highest BCUT2D eigenvalue weighted by molar-refractivity contribution is 5.51. The predicted molar refractivity (Wildman–Crippen MR) is 95.6 cm³/mol. The first-order valence-corrected chi connectivity index (χ1v) is 8.25. The summed E-state index contributed by atoms with van der Waals surface area (Å²) in [6, 6.07) is 3.53. The highest BCUT2D eigenvalue weighted by Crippen LogP contribution is 2.46. The average molecular weight is 310 g/mol. The van der Waals surface area contributed by atoms with Gasteiger partial charge in [-0.05, 0) is 63.1 Å². The number of hydrogen-bond acceptors (Lipinski definition) is 2. The van der Waals surface area contributed by atoms with Gasteiger partial charge in [-0.25, -0.2) is 0 Å². The van der Waals surface area contributed by atoms with Crippen molar-refractivity contribution in [3.8, 4) is 23.8 Å². The molecule has 0 amide bonds. The maximum atomic E-state index is 10.5. The number of benzene rings is 1. The van der Waals surface area contributed by atoms with E-state index < -0.39 is 0 Å². The second-order valence-electron chi connectivity index (χ2n) is 6.64. The molecule has 0 aliphatic heterocycles. The molecule has 0 aromatic heterocycles. The lowest BCUT2D eigenvalue weighted by molar-refractivity contribution is 0.406. The maximum Gasteiger partial charge on any atom is 0.123 e. The van der Waals surface area contributed by atoms with Crippen molar-refractivity contribution in [3.05, 3.63) is 47.1 Å². The number of rotatable bonds is 5. The normalized spacial score (nSPS) is 20.7. The molecule has 0 saturated carbocycles. The van der Waals surface area contributed by atoms with Crippen LogP contribution < -0.4 is 0 Å². The molecule has 1 aromatic carbocycles. The van der Waals surface area contributed by atoms with Gasteiger partial charge in [0.2, 0.25) is 0 Å². The van der Waals surface area contributed by atoms with Gasteiger partial charge >= 0.3 is 0 Å². The highest BCUT2D eigenvalue weighted by atomic mass is 16.3. The van der Waals surface area contributed by atoms with Crippen molar-refractivity contribution in [3.63, 3.8) is 0 Å². The van der Waals surface area contributed by atoms with Crippen LogP contribution in [0.4, 0.5) is 0 Å². The highest BCUT2D eigenvalue weighted by Gasteiger charge is 2.29. The topological polar surface area (TPSA) is 40.5 Å². The van der Waals surface area contributed by atoms with Crippen molar-refractivity contribution in [1.29, 1.82) is 0 Å². The Hall–Kier alpha value is -2.14. The molecular weight excluding hydrogens is 284 g/mol. The number of phenols is 2. The van der Waals surface area contributed by atoms with Gasteiger partial charge in [-0.1, -0.05) is 23.8 Å². The number of allylic oxidation sites excluding steroid dienone is 3. The minimum atomic E-state index is -0.0130. The van der Waals surface area contributed by atoms with Crippen LogP contribution in [-0.2, 0) is 6.42 Å². The van der Waals surface area contributed by atoms with Gasteiger partial charge in [0.15, 0.2) is 0 Å². The van der Waals surface area contributed by atoms with Gasteiger partial charge in [0.05, 0.1) is 0 Å². The SMILES string of the molecule is C#CCCCc1cc(O)c([C@@H]2C=C(C)CC[C@H]2C(=C)C)c(O)c1. The van der Waals surface area contributed by atoms with Crippen molar-refractivity contribution < 1.29 is 10.2 Å². The number of terminal acetylenes is 1. The van der Waals surface area contributed by atoms with Gasteiger partial charge in [-0.15, -0.1) is 12.3 Å². The number of phenolic OH excluding ortho intramolecular Hbond substituents is 2. The van der Waals surface area contributed by atoms with Crippen LogP contribution in [-0.4, -0.2) is 10.2 Å². The third-order valence-corrected chi connectivity index (χ3v) is 4.70. The Morgan fingerprint density at radius 1 is 1.35 bits per heavy atom. The van der Waals surface area contributed by atoms with E-state index in [-0.39, 0.29) is 23.3 Å². The summed E-state index contributed by atoms with van der Waals surface area (Å²) >= 11 is 0. The van der Waals surface area contributed by atoms with Crippen molar-refractivity contribution >= 4 is 0 Å². The van der Waals surface area contributed by atoms with E-state index in [9.17, 15) is 10.2 Å². The van der Waals surface area contributed by atoms with E-state index in [2.05, 4.69) is 25.5 Å². The van der Waals surface area contributed by atoms with E-state index in [1.165, 1.54) is 5.57 Å². The molecule has 122 valence electrons. The van der Waals surface area contributed by atoms with E-state index >= 15 is 0 Å². The Morgan fingerprint density at radius 3 is 2.57 bits per heavy atom. The molecule has 2 N–H and O–H groups in total. The Bertz CT molecular complexity index is 638. The van der Waals surface area contributed by atoms with Gasteiger partial charge in [-0.2, -0.15) is 0 Å². The first kappa shape index (κ1) is 17.2. The molecule has 1 aliphatic carbocycles. The van der Waals surface area contributed by atoms with E-state index in [0.29, 0.717) is 12.0 Å². The van der Waals surface area contributed by atoms with Crippen LogP contribution in [0.1, 0.15) is 56.6 Å². The number of aryl methyl sites for hydroxylation is 1. The molecule has 1 aliphatic rings. The summed E-state index contributed by atoms with van der Waals surface area (Å²) in [5, 5.41) is 21.0. The third kappa shape index (κ3) is 3.99. The quantitative estimate of drug-likeness (QED) is 0.453. The van der Waals surface area contributed by atoms with Gasteiger partial charge in [0, 0.05) is 17.9 Å². The molecule has 0 saturated heterocycles. The molecule has 0 bridgehead atoms. The lowest BCUT2D eigenvalue weighted by Gasteiger charge is -2.31. The maximum absolute atomic E-state index is 10.5. The molecule has 2 atom stereocenters. The van der Waals surface area contributed by atoms with Crippen molar-refractivity contribution in [2.24, 2.45) is 5.92 Å². The summed E-state index contributed by atoms with van der Waals surface area (Å²) in [4.78, 5) is 0. The van der Waals surface area contributed by atoms with E-state index in [4.69, 9.17) is 6.42 Å². The molecule has 0 radical (unpaired) electrons. The lowest BCUT2D eigenvalue weighted by atomic mass is 9.73. The molecule has 23 heavy (non-hydrogen) atoms. The summed E-state index contributed by atoms with van der Waals surface area (Å²) < 4.78 is 0. The largest absolute Gasteiger partial charge is 0.507 e. The van der Waals surface area contributed by atoms with Gasteiger partial charge in [0.1, 0.15) is 11.5 Å². The molecule has 0 unspecified atom stereocenters.